The van der Waals surface area contributed by atoms with Gasteiger partial charge in [-0.25, -0.2) is 0 Å². The molecule has 28 heavy (non-hydrogen) atoms. The van der Waals surface area contributed by atoms with Gasteiger partial charge in [-0.05, 0) is 50.0 Å². The standard InChI is InChI=1S/C25H22N2O/c28-25-17(13-19-15-26-23-11-5-3-9-21(19)23)7-1-2-8-18(25)14-20-16-27-24-12-6-4-10-22(20)24/h3-6,9-16,26-27H,1-2,7-8H2. The molecule has 2 aromatic carbocycles. The second-order valence-electron chi connectivity index (χ2n) is 7.45. The van der Waals surface area contributed by atoms with E-state index < -0.39 is 0 Å². The molecule has 5 rings (SSSR count). The van der Waals surface area contributed by atoms with E-state index in [0.29, 0.717) is 0 Å². The molecule has 1 fully saturated rings. The average Bonchev–Trinajstić information content (AvgIpc) is 3.28. The summed E-state index contributed by atoms with van der Waals surface area (Å²) in [6.07, 6.45) is 11.9. The van der Waals surface area contributed by atoms with Crippen molar-refractivity contribution >= 4 is 39.7 Å². The molecule has 138 valence electrons. The molecule has 4 aromatic rings. The normalized spacial score (nSPS) is 18.4. The fourth-order valence-corrected chi connectivity index (χ4v) is 4.14. The number of rotatable bonds is 2. The minimum absolute atomic E-state index is 0.188. The molecule has 1 aliphatic rings. The van der Waals surface area contributed by atoms with E-state index in [1.165, 1.54) is 0 Å². The van der Waals surface area contributed by atoms with E-state index in [9.17, 15) is 4.79 Å². The molecule has 0 atom stereocenters. The highest BCUT2D eigenvalue weighted by atomic mass is 16.1. The van der Waals surface area contributed by atoms with Crippen molar-refractivity contribution in [3.8, 4) is 0 Å². The van der Waals surface area contributed by atoms with Crippen molar-refractivity contribution in [1.82, 2.24) is 9.97 Å². The van der Waals surface area contributed by atoms with Crippen LogP contribution in [-0.4, -0.2) is 15.8 Å². The quantitative estimate of drug-likeness (QED) is 0.319. The van der Waals surface area contributed by atoms with Gasteiger partial charge in [0.05, 0.1) is 0 Å². The van der Waals surface area contributed by atoms with E-state index in [0.717, 1.165) is 69.8 Å². The lowest BCUT2D eigenvalue weighted by Crippen LogP contribution is -2.03. The maximum absolute atomic E-state index is 13.3. The summed E-state index contributed by atoms with van der Waals surface area (Å²) in [5.74, 6) is 0.188. The Morgan fingerprint density at radius 3 is 1.64 bits per heavy atom. The number of para-hydroxylation sites is 2. The van der Waals surface area contributed by atoms with Gasteiger partial charge in [0.2, 0.25) is 0 Å². The molecule has 0 radical (unpaired) electrons. The molecule has 2 heterocycles. The van der Waals surface area contributed by atoms with Gasteiger partial charge in [0.25, 0.3) is 0 Å². The molecule has 2 N–H and O–H groups in total. The molecule has 1 saturated carbocycles. The third-order valence-corrected chi connectivity index (χ3v) is 5.63. The average molecular weight is 366 g/mol. The van der Waals surface area contributed by atoms with Crippen molar-refractivity contribution in [3.05, 3.63) is 83.2 Å². The number of hydrogen-bond donors (Lipinski definition) is 2. The summed E-state index contributed by atoms with van der Waals surface area (Å²) in [7, 11) is 0. The predicted molar refractivity (Wildman–Crippen MR) is 116 cm³/mol. The molecule has 0 unspecified atom stereocenters. The first-order chi connectivity index (χ1) is 13.8. The van der Waals surface area contributed by atoms with Crippen LogP contribution in [0, 0.1) is 0 Å². The van der Waals surface area contributed by atoms with Gasteiger partial charge in [0, 0.05) is 56.5 Å². The maximum Gasteiger partial charge on any atom is 0.185 e. The number of fused-ring (bicyclic) bond motifs is 2. The van der Waals surface area contributed by atoms with Gasteiger partial charge < -0.3 is 9.97 Å². The van der Waals surface area contributed by atoms with Crippen molar-refractivity contribution < 1.29 is 4.79 Å². The zero-order valence-corrected chi connectivity index (χ0v) is 15.7. The molecule has 0 saturated heterocycles. The van der Waals surface area contributed by atoms with Gasteiger partial charge in [-0.15, -0.1) is 0 Å². The molecule has 3 heteroatoms. The number of allylic oxidation sites excluding steroid dienone is 2. The summed E-state index contributed by atoms with van der Waals surface area (Å²) >= 11 is 0. The number of carbonyl (C=O) groups excluding carboxylic acids is 1. The van der Waals surface area contributed by atoms with Gasteiger partial charge >= 0.3 is 0 Å². The van der Waals surface area contributed by atoms with Crippen molar-refractivity contribution in [3.63, 3.8) is 0 Å². The highest BCUT2D eigenvalue weighted by molar-refractivity contribution is 6.14. The summed E-state index contributed by atoms with van der Waals surface area (Å²) in [6.45, 7) is 0. The molecular weight excluding hydrogens is 344 g/mol. The van der Waals surface area contributed by atoms with E-state index in [1.807, 2.05) is 36.7 Å². The van der Waals surface area contributed by atoms with Gasteiger partial charge in [-0.3, -0.25) is 4.79 Å². The fourth-order valence-electron chi connectivity index (χ4n) is 4.14. The third-order valence-electron chi connectivity index (χ3n) is 5.63. The number of hydrogen-bond acceptors (Lipinski definition) is 1. The van der Waals surface area contributed by atoms with E-state index in [4.69, 9.17) is 0 Å². The minimum Gasteiger partial charge on any atom is -0.361 e. The second-order valence-corrected chi connectivity index (χ2v) is 7.45. The van der Waals surface area contributed by atoms with Gasteiger partial charge in [-0.2, -0.15) is 0 Å². The smallest absolute Gasteiger partial charge is 0.185 e. The SMILES string of the molecule is O=C1C(=Cc2c[nH]c3ccccc23)CCCCC1=Cc1c[nH]c2ccccc12. The Kier molecular flexibility index (Phi) is 4.21. The molecular formula is C25H22N2O. The van der Waals surface area contributed by atoms with Crippen LogP contribution in [0.1, 0.15) is 36.8 Å². The lowest BCUT2D eigenvalue weighted by Gasteiger charge is -2.05. The number of ketones is 1. The number of carbonyl (C=O) groups is 1. The van der Waals surface area contributed by atoms with E-state index >= 15 is 0 Å². The highest BCUT2D eigenvalue weighted by Crippen LogP contribution is 2.30. The molecule has 1 aliphatic carbocycles. The van der Waals surface area contributed by atoms with Crippen LogP contribution in [0.2, 0.25) is 0 Å². The zero-order valence-electron chi connectivity index (χ0n) is 15.7. The Hall–Kier alpha value is -3.33. The molecule has 3 nitrogen and oxygen atoms in total. The first kappa shape index (κ1) is 16.8. The Morgan fingerprint density at radius 1 is 0.679 bits per heavy atom. The first-order valence-electron chi connectivity index (χ1n) is 9.88. The van der Waals surface area contributed by atoms with Crippen LogP contribution in [0.25, 0.3) is 34.0 Å². The number of nitrogens with one attached hydrogen (secondary N) is 2. The maximum atomic E-state index is 13.3. The highest BCUT2D eigenvalue weighted by Gasteiger charge is 2.20. The summed E-state index contributed by atoms with van der Waals surface area (Å²) < 4.78 is 0. The summed E-state index contributed by atoms with van der Waals surface area (Å²) in [4.78, 5) is 19.9. The summed E-state index contributed by atoms with van der Waals surface area (Å²) in [5.41, 5.74) is 6.20. The number of H-pyrrole nitrogens is 2. The van der Waals surface area contributed by atoms with E-state index in [1.54, 1.807) is 0 Å². The van der Waals surface area contributed by atoms with Crippen LogP contribution in [0.5, 0.6) is 0 Å². The molecule has 0 bridgehead atoms. The van der Waals surface area contributed by atoms with Gasteiger partial charge in [-0.1, -0.05) is 36.4 Å². The predicted octanol–water partition coefficient (Wildman–Crippen LogP) is 6.26. The van der Waals surface area contributed by atoms with Crippen molar-refractivity contribution in [2.75, 3.05) is 0 Å². The van der Waals surface area contributed by atoms with Crippen LogP contribution in [0.4, 0.5) is 0 Å². The van der Waals surface area contributed by atoms with Gasteiger partial charge in [0.1, 0.15) is 0 Å². The monoisotopic (exact) mass is 366 g/mol. The largest absolute Gasteiger partial charge is 0.361 e. The van der Waals surface area contributed by atoms with Crippen LogP contribution >= 0.6 is 0 Å². The molecule has 0 aliphatic heterocycles. The summed E-state index contributed by atoms with van der Waals surface area (Å²) in [6, 6.07) is 16.4. The van der Waals surface area contributed by atoms with Crippen molar-refractivity contribution in [1.29, 1.82) is 0 Å². The third kappa shape index (κ3) is 2.99. The fraction of sp³-hybridized carbons (Fsp3) is 0.160. The number of aromatic nitrogens is 2. The minimum atomic E-state index is 0.188. The molecule has 2 aromatic heterocycles. The van der Waals surface area contributed by atoms with Crippen LogP contribution in [0.3, 0.4) is 0 Å². The topological polar surface area (TPSA) is 48.6 Å². The van der Waals surface area contributed by atoms with Crippen LogP contribution in [-0.2, 0) is 4.79 Å². The van der Waals surface area contributed by atoms with Crippen molar-refractivity contribution in [2.24, 2.45) is 0 Å². The Labute approximate surface area is 163 Å². The number of aromatic amines is 2. The Balaban J connectivity index is 1.55. The molecule has 0 amide bonds. The van der Waals surface area contributed by atoms with Gasteiger partial charge in [0.15, 0.2) is 5.78 Å². The molecule has 0 spiro atoms. The summed E-state index contributed by atoms with van der Waals surface area (Å²) in [5, 5.41) is 2.32. The number of benzene rings is 2. The lowest BCUT2D eigenvalue weighted by molar-refractivity contribution is -0.112. The number of Topliss-reactive ketones (excluding diaryl/α,β-unsaturated/α-hetero) is 1. The Morgan fingerprint density at radius 2 is 1.14 bits per heavy atom. The van der Waals surface area contributed by atoms with Crippen LogP contribution in [0.15, 0.2) is 72.1 Å². The van der Waals surface area contributed by atoms with E-state index in [-0.39, 0.29) is 5.78 Å². The van der Waals surface area contributed by atoms with Crippen LogP contribution < -0.4 is 0 Å². The lowest BCUT2D eigenvalue weighted by atomic mass is 9.97. The second kappa shape index (κ2) is 7.01. The van der Waals surface area contributed by atoms with E-state index in [2.05, 4.69) is 46.4 Å². The Bertz CT molecular complexity index is 1140. The first-order valence-corrected chi connectivity index (χ1v) is 9.88. The zero-order chi connectivity index (χ0) is 18.9. The van der Waals surface area contributed by atoms with Crippen molar-refractivity contribution in [2.45, 2.75) is 25.7 Å².